The molecule has 2 aromatic rings. The minimum atomic E-state index is 0.0608. The molecule has 3 heterocycles. The first-order valence-corrected chi connectivity index (χ1v) is 8.67. The van der Waals surface area contributed by atoms with E-state index in [0.717, 1.165) is 43.3 Å². The smallest absolute Gasteiger partial charge is 0.236 e. The summed E-state index contributed by atoms with van der Waals surface area (Å²) in [7, 11) is 1.80. The van der Waals surface area contributed by atoms with Crippen molar-refractivity contribution in [3.8, 4) is 0 Å². The average Bonchev–Trinajstić information content (AvgIpc) is 3.05. The van der Waals surface area contributed by atoms with E-state index in [1.165, 1.54) is 0 Å². The second kappa shape index (κ2) is 8.11. The molecule has 0 unspecified atom stereocenters. The molecular formula is C18H25N5O2. The van der Waals surface area contributed by atoms with Crippen LogP contribution >= 0.6 is 0 Å². The minimum absolute atomic E-state index is 0.0608. The van der Waals surface area contributed by atoms with Gasteiger partial charge in [0, 0.05) is 32.4 Å². The lowest BCUT2D eigenvalue weighted by Gasteiger charge is -2.33. The number of nitrogens with one attached hydrogen (secondary N) is 1. The SMILES string of the molecule is Cc1ccc(CN(C)C(=O)CN[C@@H]2CCCN(c3cccnn3)C2)o1. The van der Waals surface area contributed by atoms with E-state index in [0.29, 0.717) is 13.1 Å². The molecule has 1 amide bonds. The van der Waals surface area contributed by atoms with E-state index in [-0.39, 0.29) is 11.9 Å². The number of aryl methyl sites for hydroxylation is 1. The van der Waals surface area contributed by atoms with Gasteiger partial charge < -0.3 is 19.5 Å². The van der Waals surface area contributed by atoms with Crippen LogP contribution in [0.15, 0.2) is 34.9 Å². The fourth-order valence-electron chi connectivity index (χ4n) is 3.07. The highest BCUT2D eigenvalue weighted by Gasteiger charge is 2.22. The normalized spacial score (nSPS) is 17.5. The number of nitrogens with zero attached hydrogens (tertiary/aromatic N) is 4. The third kappa shape index (κ3) is 4.79. The number of aromatic nitrogens is 2. The summed E-state index contributed by atoms with van der Waals surface area (Å²) in [5, 5.41) is 11.5. The van der Waals surface area contributed by atoms with Gasteiger partial charge in [0.2, 0.25) is 5.91 Å². The van der Waals surface area contributed by atoms with Crippen LogP contribution in [0.5, 0.6) is 0 Å². The molecule has 1 fully saturated rings. The van der Waals surface area contributed by atoms with Gasteiger partial charge in [-0.1, -0.05) is 0 Å². The van der Waals surface area contributed by atoms with Gasteiger partial charge in [-0.25, -0.2) is 0 Å². The van der Waals surface area contributed by atoms with Crippen molar-refractivity contribution in [1.29, 1.82) is 0 Å². The van der Waals surface area contributed by atoms with Crippen LogP contribution in [0.1, 0.15) is 24.4 Å². The number of furan rings is 1. The van der Waals surface area contributed by atoms with Crippen molar-refractivity contribution in [2.75, 3.05) is 31.6 Å². The molecule has 1 saturated heterocycles. The number of piperidine rings is 1. The van der Waals surface area contributed by atoms with E-state index >= 15 is 0 Å². The lowest BCUT2D eigenvalue weighted by molar-refractivity contribution is -0.129. The van der Waals surface area contributed by atoms with Gasteiger partial charge in [0.25, 0.3) is 0 Å². The molecule has 1 aliphatic heterocycles. The van der Waals surface area contributed by atoms with Crippen LogP contribution < -0.4 is 10.2 Å². The summed E-state index contributed by atoms with van der Waals surface area (Å²) in [6.45, 7) is 4.54. The Labute approximate surface area is 148 Å². The third-order valence-electron chi connectivity index (χ3n) is 4.46. The Bertz CT molecular complexity index is 688. The maximum absolute atomic E-state index is 12.3. The van der Waals surface area contributed by atoms with E-state index in [4.69, 9.17) is 4.42 Å². The summed E-state index contributed by atoms with van der Waals surface area (Å²) < 4.78 is 5.53. The quantitative estimate of drug-likeness (QED) is 0.859. The summed E-state index contributed by atoms with van der Waals surface area (Å²) in [5.74, 6) is 2.62. The van der Waals surface area contributed by atoms with Gasteiger partial charge in [0.05, 0.1) is 13.1 Å². The maximum Gasteiger partial charge on any atom is 0.236 e. The predicted octanol–water partition coefficient (Wildman–Crippen LogP) is 1.60. The molecule has 0 radical (unpaired) electrons. The molecule has 3 rings (SSSR count). The molecular weight excluding hydrogens is 318 g/mol. The molecule has 0 saturated carbocycles. The lowest BCUT2D eigenvalue weighted by atomic mass is 10.1. The second-order valence-corrected chi connectivity index (χ2v) is 6.51. The molecule has 0 aliphatic carbocycles. The highest BCUT2D eigenvalue weighted by Crippen LogP contribution is 2.16. The molecule has 7 nitrogen and oxygen atoms in total. The highest BCUT2D eigenvalue weighted by molar-refractivity contribution is 5.77. The highest BCUT2D eigenvalue weighted by atomic mass is 16.3. The van der Waals surface area contributed by atoms with E-state index in [2.05, 4.69) is 20.4 Å². The number of hydrogen-bond acceptors (Lipinski definition) is 6. The fourth-order valence-corrected chi connectivity index (χ4v) is 3.07. The van der Waals surface area contributed by atoms with Crippen LogP contribution in [-0.4, -0.2) is 53.7 Å². The number of amides is 1. The summed E-state index contributed by atoms with van der Waals surface area (Å²) in [5.41, 5.74) is 0. The summed E-state index contributed by atoms with van der Waals surface area (Å²) >= 11 is 0. The molecule has 1 atom stereocenters. The van der Waals surface area contributed by atoms with Crippen molar-refractivity contribution in [2.24, 2.45) is 0 Å². The lowest BCUT2D eigenvalue weighted by Crippen LogP contribution is -2.48. The zero-order valence-corrected chi connectivity index (χ0v) is 14.8. The molecule has 1 aliphatic rings. The Morgan fingerprint density at radius 1 is 1.44 bits per heavy atom. The Morgan fingerprint density at radius 2 is 2.32 bits per heavy atom. The van der Waals surface area contributed by atoms with Crippen molar-refractivity contribution in [2.45, 2.75) is 32.4 Å². The zero-order chi connectivity index (χ0) is 17.6. The first-order chi connectivity index (χ1) is 12.1. The monoisotopic (exact) mass is 343 g/mol. The van der Waals surface area contributed by atoms with Gasteiger partial charge in [-0.3, -0.25) is 4.79 Å². The maximum atomic E-state index is 12.3. The van der Waals surface area contributed by atoms with Crippen molar-refractivity contribution in [3.63, 3.8) is 0 Å². The molecule has 134 valence electrons. The molecule has 0 bridgehead atoms. The molecule has 0 spiro atoms. The van der Waals surface area contributed by atoms with Gasteiger partial charge in [-0.15, -0.1) is 5.10 Å². The van der Waals surface area contributed by atoms with Crippen LogP contribution in [-0.2, 0) is 11.3 Å². The fraction of sp³-hybridized carbons (Fsp3) is 0.500. The van der Waals surface area contributed by atoms with E-state index in [1.807, 2.05) is 31.2 Å². The largest absolute Gasteiger partial charge is 0.464 e. The number of hydrogen-bond donors (Lipinski definition) is 1. The van der Waals surface area contributed by atoms with Gasteiger partial charge in [-0.05, 0) is 44.0 Å². The number of carbonyl (C=O) groups excluding carboxylic acids is 1. The Balaban J connectivity index is 1.46. The number of carbonyl (C=O) groups is 1. The van der Waals surface area contributed by atoms with E-state index in [9.17, 15) is 4.79 Å². The van der Waals surface area contributed by atoms with Gasteiger partial charge in [0.15, 0.2) is 5.82 Å². The summed E-state index contributed by atoms with van der Waals surface area (Å²) in [6.07, 6.45) is 3.81. The first kappa shape index (κ1) is 17.4. The molecule has 25 heavy (non-hydrogen) atoms. The van der Waals surface area contributed by atoms with Crippen molar-refractivity contribution in [1.82, 2.24) is 20.4 Å². The topological polar surface area (TPSA) is 74.5 Å². The van der Waals surface area contributed by atoms with Gasteiger partial charge >= 0.3 is 0 Å². The zero-order valence-electron chi connectivity index (χ0n) is 14.8. The van der Waals surface area contributed by atoms with Crippen molar-refractivity contribution in [3.05, 3.63) is 42.0 Å². The molecule has 7 heteroatoms. The average molecular weight is 343 g/mol. The van der Waals surface area contributed by atoms with Gasteiger partial charge in [-0.2, -0.15) is 5.10 Å². The molecule has 1 N–H and O–H groups in total. The van der Waals surface area contributed by atoms with Crippen LogP contribution in [0.4, 0.5) is 5.82 Å². The van der Waals surface area contributed by atoms with Crippen LogP contribution in [0.2, 0.25) is 0 Å². The van der Waals surface area contributed by atoms with Crippen molar-refractivity contribution >= 4 is 11.7 Å². The van der Waals surface area contributed by atoms with Crippen LogP contribution in [0, 0.1) is 6.92 Å². The van der Waals surface area contributed by atoms with E-state index < -0.39 is 0 Å². The number of likely N-dealkylation sites (N-methyl/N-ethyl adjacent to an activating group) is 1. The second-order valence-electron chi connectivity index (χ2n) is 6.51. The minimum Gasteiger partial charge on any atom is -0.464 e. The molecule has 0 aromatic carbocycles. The Hall–Kier alpha value is -2.41. The Kier molecular flexibility index (Phi) is 5.65. The summed E-state index contributed by atoms with van der Waals surface area (Å²) in [4.78, 5) is 16.2. The summed E-state index contributed by atoms with van der Waals surface area (Å²) in [6, 6.07) is 7.97. The van der Waals surface area contributed by atoms with Crippen LogP contribution in [0.25, 0.3) is 0 Å². The van der Waals surface area contributed by atoms with Gasteiger partial charge in [0.1, 0.15) is 11.5 Å². The van der Waals surface area contributed by atoms with Crippen molar-refractivity contribution < 1.29 is 9.21 Å². The first-order valence-electron chi connectivity index (χ1n) is 8.67. The predicted molar refractivity (Wildman–Crippen MR) is 95.2 cm³/mol. The van der Waals surface area contributed by atoms with E-state index in [1.54, 1.807) is 18.1 Å². The number of rotatable bonds is 6. The number of anilines is 1. The molecule has 2 aromatic heterocycles. The third-order valence-corrected chi connectivity index (χ3v) is 4.46. The standard InChI is InChI=1S/C18H25N5O2/c1-14-7-8-16(25-14)13-22(2)18(24)11-19-15-5-4-10-23(12-15)17-6-3-9-20-21-17/h3,6-9,15,19H,4-5,10-13H2,1-2H3/t15-/m1/s1. The van der Waals surface area contributed by atoms with Crippen LogP contribution in [0.3, 0.4) is 0 Å². The Morgan fingerprint density at radius 3 is 3.04 bits per heavy atom.